The van der Waals surface area contributed by atoms with Crippen molar-refractivity contribution in [2.45, 2.75) is 339 Å². The molecule has 1 aliphatic heterocycles. The second-order valence-electron chi connectivity index (χ2n) is 23.5. The molecule has 0 bridgehead atoms. The largest absolute Gasteiger partial charge is 0.466 e. The second kappa shape index (κ2) is 60.5. The first-order chi connectivity index (χ1) is 40.7. The fourth-order valence-electron chi connectivity index (χ4n) is 10.3. The minimum absolute atomic E-state index is 0.00768. The van der Waals surface area contributed by atoms with Gasteiger partial charge in [0.2, 0.25) is 5.91 Å². The number of unbranched alkanes of at least 4 members (excludes halogenated alkanes) is 33. The van der Waals surface area contributed by atoms with Crippen molar-refractivity contribution < 1.29 is 49.3 Å². The summed E-state index contributed by atoms with van der Waals surface area (Å²) in [6.45, 7) is 4.18. The van der Waals surface area contributed by atoms with Crippen molar-refractivity contribution >= 4 is 11.9 Å². The fourth-order valence-corrected chi connectivity index (χ4v) is 10.3. The van der Waals surface area contributed by atoms with Crippen LogP contribution in [0.4, 0.5) is 0 Å². The zero-order chi connectivity index (χ0) is 60.2. The lowest BCUT2D eigenvalue weighted by atomic mass is 9.99. The Balaban J connectivity index is 1.96. The third kappa shape index (κ3) is 49.6. The van der Waals surface area contributed by atoms with E-state index in [0.717, 1.165) is 96.3 Å². The van der Waals surface area contributed by atoms with Crippen LogP contribution in [0.3, 0.4) is 0 Å². The molecule has 0 radical (unpaired) electrons. The molecule has 0 spiro atoms. The molecule has 0 aromatic carbocycles. The normalized spacial score (nSPS) is 18.7. The van der Waals surface area contributed by atoms with E-state index in [1.165, 1.54) is 173 Å². The average Bonchev–Trinajstić information content (AvgIpc) is 3.69. The van der Waals surface area contributed by atoms with Crippen molar-refractivity contribution in [2.75, 3.05) is 19.8 Å². The van der Waals surface area contributed by atoms with E-state index in [4.69, 9.17) is 14.2 Å². The molecule has 480 valence electrons. The molecule has 11 heteroatoms. The van der Waals surface area contributed by atoms with E-state index >= 15 is 0 Å². The molecule has 1 rings (SSSR count). The summed E-state index contributed by atoms with van der Waals surface area (Å²) in [6.07, 6.45) is 73.0. The van der Waals surface area contributed by atoms with E-state index in [1.54, 1.807) is 6.08 Å². The summed E-state index contributed by atoms with van der Waals surface area (Å²) in [5, 5.41) is 54.3. The van der Waals surface area contributed by atoms with Crippen LogP contribution in [0.15, 0.2) is 85.1 Å². The van der Waals surface area contributed by atoms with Crippen LogP contribution in [-0.2, 0) is 23.8 Å². The van der Waals surface area contributed by atoms with E-state index in [2.05, 4.69) is 92.1 Å². The van der Waals surface area contributed by atoms with Gasteiger partial charge in [0, 0.05) is 12.8 Å². The zero-order valence-electron chi connectivity index (χ0n) is 53.1. The van der Waals surface area contributed by atoms with Crippen LogP contribution in [0, 0.1) is 0 Å². The van der Waals surface area contributed by atoms with Gasteiger partial charge in [-0.15, -0.1) is 0 Å². The maximum Gasteiger partial charge on any atom is 0.305 e. The third-order valence-corrected chi connectivity index (χ3v) is 15.7. The molecule has 0 aliphatic carbocycles. The Hall–Kier alpha value is -3.16. The van der Waals surface area contributed by atoms with Crippen molar-refractivity contribution in [3.63, 3.8) is 0 Å². The van der Waals surface area contributed by atoms with E-state index < -0.39 is 49.5 Å². The average molecular weight is 1170 g/mol. The first-order valence-corrected chi connectivity index (χ1v) is 34.4. The molecule has 11 nitrogen and oxygen atoms in total. The Kier molecular flexibility index (Phi) is 56.8. The minimum Gasteiger partial charge on any atom is -0.466 e. The highest BCUT2D eigenvalue weighted by atomic mass is 16.7. The highest BCUT2D eigenvalue weighted by Gasteiger charge is 2.44. The minimum atomic E-state index is -1.58. The van der Waals surface area contributed by atoms with Crippen molar-refractivity contribution in [2.24, 2.45) is 0 Å². The molecule has 1 heterocycles. The van der Waals surface area contributed by atoms with Crippen LogP contribution >= 0.6 is 0 Å². The molecule has 1 fully saturated rings. The zero-order valence-corrected chi connectivity index (χ0v) is 53.1. The summed E-state index contributed by atoms with van der Waals surface area (Å²) in [7, 11) is 0. The van der Waals surface area contributed by atoms with Crippen LogP contribution in [0.2, 0.25) is 0 Å². The lowest BCUT2D eigenvalue weighted by Crippen LogP contribution is -2.60. The highest BCUT2D eigenvalue weighted by molar-refractivity contribution is 5.76. The van der Waals surface area contributed by atoms with Crippen molar-refractivity contribution in [1.29, 1.82) is 0 Å². The molecule has 0 aromatic heterocycles. The van der Waals surface area contributed by atoms with Gasteiger partial charge < -0.3 is 45.1 Å². The monoisotopic (exact) mass is 1170 g/mol. The summed E-state index contributed by atoms with van der Waals surface area (Å²) < 4.78 is 16.7. The number of allylic oxidation sites excluding steroid dienone is 13. The van der Waals surface area contributed by atoms with Gasteiger partial charge in [-0.1, -0.05) is 253 Å². The first kappa shape index (κ1) is 77.9. The van der Waals surface area contributed by atoms with Crippen LogP contribution in [-0.4, -0.2) is 100 Å². The lowest BCUT2D eigenvalue weighted by molar-refractivity contribution is -0.302. The molecule has 0 aromatic rings. The number of aliphatic hydroxyl groups is 5. The van der Waals surface area contributed by atoms with Gasteiger partial charge >= 0.3 is 5.97 Å². The van der Waals surface area contributed by atoms with Gasteiger partial charge in [0.1, 0.15) is 24.4 Å². The van der Waals surface area contributed by atoms with Crippen LogP contribution in [0.5, 0.6) is 0 Å². The number of esters is 1. The Morgan fingerprint density at radius 1 is 0.458 bits per heavy atom. The number of carbonyl (C=O) groups is 2. The van der Waals surface area contributed by atoms with Gasteiger partial charge in [-0.2, -0.15) is 0 Å². The SMILES string of the molecule is CC/C=C/CC/C=C/CC/C=C/C(O)C(COC1OC(CO)C(O)C(O)C1O)NC(=O)CCCCCCCCCCCCC/C=C\C/C=C\CCCCCCCCCCCOC(=O)CCCCCCCCC/C=C\C/C=C\CCCCCC. The fraction of sp³-hybridized carbons (Fsp3) is 0.778. The first-order valence-electron chi connectivity index (χ1n) is 34.4. The van der Waals surface area contributed by atoms with Gasteiger partial charge in [0.25, 0.3) is 0 Å². The van der Waals surface area contributed by atoms with Crippen molar-refractivity contribution in [3.05, 3.63) is 85.1 Å². The summed E-state index contributed by atoms with van der Waals surface area (Å²) in [5.74, 6) is -0.211. The number of nitrogens with one attached hydrogen (secondary N) is 1. The van der Waals surface area contributed by atoms with Gasteiger partial charge in [-0.25, -0.2) is 0 Å². The molecule has 1 aliphatic rings. The quantitative estimate of drug-likeness (QED) is 0.0195. The Morgan fingerprint density at radius 2 is 0.855 bits per heavy atom. The summed E-state index contributed by atoms with van der Waals surface area (Å²) in [4.78, 5) is 25.1. The number of carbonyl (C=O) groups excluding carboxylic acids is 2. The van der Waals surface area contributed by atoms with Gasteiger partial charge in [0.15, 0.2) is 6.29 Å². The Labute approximate surface area is 508 Å². The predicted molar refractivity (Wildman–Crippen MR) is 347 cm³/mol. The number of rotatable bonds is 59. The van der Waals surface area contributed by atoms with E-state index in [-0.39, 0.29) is 18.5 Å². The van der Waals surface area contributed by atoms with E-state index in [0.29, 0.717) is 19.4 Å². The Morgan fingerprint density at radius 3 is 1.31 bits per heavy atom. The number of hydrogen-bond donors (Lipinski definition) is 6. The number of hydrogen-bond acceptors (Lipinski definition) is 10. The maximum atomic E-state index is 13.0. The third-order valence-electron chi connectivity index (χ3n) is 15.7. The van der Waals surface area contributed by atoms with Crippen LogP contribution in [0.25, 0.3) is 0 Å². The smallest absolute Gasteiger partial charge is 0.305 e. The summed E-state index contributed by atoms with van der Waals surface area (Å²) in [5.41, 5.74) is 0. The Bertz CT molecular complexity index is 1650. The standard InChI is InChI=1S/C72H127NO10/c1-3-5-7-9-11-13-15-16-17-18-31-34-37-40-44-48-52-56-60-68(77)81-61-57-53-49-45-41-38-35-32-29-27-25-23-21-19-20-22-24-26-28-30-33-36-39-43-47-51-55-59-67(76)73-64(63-82-72-71(80)70(79)69(78)66(62-74)83-72)65(75)58-54-50-46-42-14-12-10-8-6-4-2/h6,8,13-15,17-20,23,25,42,54,58,64-66,69-72,74-75,78-80H,3-5,7,9-12,16,21-22,24,26-41,43-53,55-57,59-63H2,1-2H3,(H,73,76)/b8-6+,15-13-,18-17-,20-19-,25-23-,42-14+,58-54+. The molecule has 7 atom stereocenters. The molecular formula is C72H127NO10. The second-order valence-corrected chi connectivity index (χ2v) is 23.5. The molecule has 1 saturated heterocycles. The van der Waals surface area contributed by atoms with Crippen molar-refractivity contribution in [1.82, 2.24) is 5.32 Å². The summed E-state index contributed by atoms with van der Waals surface area (Å²) in [6, 6.07) is -0.838. The molecule has 6 N–H and O–H groups in total. The molecule has 1 amide bonds. The van der Waals surface area contributed by atoms with E-state index in [1.807, 2.05) is 6.08 Å². The van der Waals surface area contributed by atoms with Crippen molar-refractivity contribution in [3.8, 4) is 0 Å². The predicted octanol–water partition coefficient (Wildman–Crippen LogP) is 17.3. The number of aliphatic hydroxyl groups excluding tert-OH is 5. The van der Waals surface area contributed by atoms with Gasteiger partial charge in [-0.05, 0) is 116 Å². The van der Waals surface area contributed by atoms with E-state index in [9.17, 15) is 35.1 Å². The molecule has 7 unspecified atom stereocenters. The number of amides is 1. The van der Waals surface area contributed by atoms with Gasteiger partial charge in [0.05, 0.1) is 32.0 Å². The summed E-state index contributed by atoms with van der Waals surface area (Å²) >= 11 is 0. The van der Waals surface area contributed by atoms with Crippen LogP contribution in [0.1, 0.15) is 296 Å². The molecule has 0 saturated carbocycles. The maximum absolute atomic E-state index is 13.0. The topological polar surface area (TPSA) is 175 Å². The molecule has 83 heavy (non-hydrogen) atoms. The highest BCUT2D eigenvalue weighted by Crippen LogP contribution is 2.23. The number of ether oxygens (including phenoxy) is 3. The molecular weight excluding hydrogens is 1040 g/mol. The van der Waals surface area contributed by atoms with Gasteiger partial charge in [-0.3, -0.25) is 9.59 Å². The van der Waals surface area contributed by atoms with Crippen LogP contribution < -0.4 is 5.32 Å². The lowest BCUT2D eigenvalue weighted by Gasteiger charge is -2.40.